The van der Waals surface area contributed by atoms with Crippen LogP contribution in [-0.2, 0) is 59.3 Å². The molecule has 2 saturated carbocycles. The van der Waals surface area contributed by atoms with E-state index in [1.165, 1.54) is 33.1 Å². The van der Waals surface area contributed by atoms with Crippen molar-refractivity contribution in [2.45, 2.75) is 147 Å². The molecule has 2 aromatic carbocycles. The number of fused-ring (bicyclic) bond motifs is 2. The molecule has 0 atom stereocenters. The van der Waals surface area contributed by atoms with E-state index in [-0.39, 0.29) is 46.4 Å². The summed E-state index contributed by atoms with van der Waals surface area (Å²) in [7, 11) is 0. The molecule has 0 aliphatic heterocycles. The lowest BCUT2D eigenvalue weighted by Crippen LogP contribution is -2.36. The van der Waals surface area contributed by atoms with Gasteiger partial charge in [-0.1, -0.05) is 73.5 Å². The number of carboxylic acids is 1. The summed E-state index contributed by atoms with van der Waals surface area (Å²) >= 11 is 0. The molecule has 6 heterocycles. The molecule has 2 fully saturated rings. The van der Waals surface area contributed by atoms with Crippen LogP contribution in [0.3, 0.4) is 0 Å². The largest absolute Gasteiger partial charge is 0.480 e. The van der Waals surface area contributed by atoms with E-state index in [1.807, 2.05) is 76.5 Å². The van der Waals surface area contributed by atoms with Gasteiger partial charge in [-0.05, 0) is 132 Å². The number of rotatable bonds is 20. The van der Waals surface area contributed by atoms with E-state index in [0.29, 0.717) is 55.3 Å². The minimum atomic E-state index is -1.05. The van der Waals surface area contributed by atoms with Gasteiger partial charge in [0.25, 0.3) is 11.1 Å². The van der Waals surface area contributed by atoms with Crippen molar-refractivity contribution in [3.8, 4) is 0 Å². The molecule has 8 aromatic rings. The quantitative estimate of drug-likeness (QED) is 0.0419. The maximum absolute atomic E-state index is 13.6. The third-order valence-corrected chi connectivity index (χ3v) is 14.7. The highest BCUT2D eigenvalue weighted by Crippen LogP contribution is 2.48. The number of aliphatic carboxylic acids is 1. The molecule has 0 unspecified atom stereocenters. The number of carbonyl (C=O) groups is 2. The zero-order valence-electron chi connectivity index (χ0n) is 43.6. The number of H-pyrrole nitrogens is 2. The lowest BCUT2D eigenvalue weighted by Gasteiger charge is -2.43. The van der Waals surface area contributed by atoms with Gasteiger partial charge >= 0.3 is 5.97 Å². The van der Waals surface area contributed by atoms with Crippen LogP contribution in [0, 0.1) is 0 Å². The number of nitrogens with zero attached hydrogens (tertiary/aromatic N) is 6. The number of carbonyl (C=O) groups excluding carboxylic acids is 1. The third-order valence-electron chi connectivity index (χ3n) is 14.7. The monoisotopic (exact) mass is 1010 g/mol. The van der Waals surface area contributed by atoms with Gasteiger partial charge in [-0.15, -0.1) is 0 Å². The first-order valence-corrected chi connectivity index (χ1v) is 26.3. The van der Waals surface area contributed by atoms with Gasteiger partial charge in [0.05, 0.1) is 6.54 Å². The number of hydrogen-bond donors (Lipinski definition) is 6. The van der Waals surface area contributed by atoms with Crippen molar-refractivity contribution in [3.63, 3.8) is 0 Å². The highest BCUT2D eigenvalue weighted by atomic mass is 16.4. The lowest BCUT2D eigenvalue weighted by atomic mass is 9.62. The summed E-state index contributed by atoms with van der Waals surface area (Å²) < 4.78 is 2.76. The van der Waals surface area contributed by atoms with Gasteiger partial charge < -0.3 is 31.4 Å². The number of Topliss-reactive ketones (excluding diaryl/α,β-unsaturated/α-hetero) is 1. The molecule has 16 heteroatoms. The van der Waals surface area contributed by atoms with Crippen LogP contribution in [0.4, 0.5) is 11.9 Å². The fourth-order valence-corrected chi connectivity index (χ4v) is 10.3. The first-order chi connectivity index (χ1) is 36.2. The van der Waals surface area contributed by atoms with E-state index in [4.69, 9.17) is 5.73 Å². The molecule has 0 amide bonds. The molecule has 0 spiro atoms. The fourth-order valence-electron chi connectivity index (χ4n) is 10.3. The normalized spacial score (nSPS) is 14.3. The molecule has 7 N–H and O–H groups in total. The van der Waals surface area contributed by atoms with E-state index in [2.05, 4.69) is 89.1 Å². The van der Waals surface area contributed by atoms with E-state index < -0.39 is 12.5 Å². The van der Waals surface area contributed by atoms with Gasteiger partial charge in [0, 0.05) is 107 Å². The Bertz CT molecular complexity index is 3230. The standard InChI is InChI=1S/C30H35N5O2.C21H27N3O3.C8H9N3/c1-21(2)33-29-32-19-22(11-15-30(13-6-14-30)24-7-4-3-5-8-24)28(37)35(29)20-26(36)10-9-25-17-23-18-31-16-12-27(23)34-25;1-15(2)23-20-22-13-16(19(27)24(20)14-18(25)26)9-12-21(10-6-11-21)17-7-4-3-5-8-17;9-4-7-3-6-5-10-2-1-8(6)11-7/h3-5,7-8,12,16-19,21,34H,6,9-11,13-15,20H2,1-2H3,(H,32,33);3-5,7-8,13,15H,6,9-12,14H2,1-2H3,(H,22,23)(H,25,26);1-3,5,11H,4,9H2. The number of anilines is 2. The molecule has 0 bridgehead atoms. The molecule has 75 heavy (non-hydrogen) atoms. The first kappa shape index (κ1) is 53.6. The third kappa shape index (κ3) is 13.3. The Balaban J connectivity index is 0.000000170. The number of nitrogens with one attached hydrogen (secondary N) is 4. The van der Waals surface area contributed by atoms with E-state index >= 15 is 0 Å². The van der Waals surface area contributed by atoms with Crippen LogP contribution in [0.5, 0.6) is 0 Å². The zero-order valence-corrected chi connectivity index (χ0v) is 43.6. The van der Waals surface area contributed by atoms with Crippen molar-refractivity contribution in [2.24, 2.45) is 5.73 Å². The second kappa shape index (κ2) is 24.5. The van der Waals surface area contributed by atoms with Crippen LogP contribution in [0.1, 0.15) is 119 Å². The molecule has 392 valence electrons. The number of pyridine rings is 2. The van der Waals surface area contributed by atoms with Gasteiger partial charge in [-0.2, -0.15) is 0 Å². The maximum Gasteiger partial charge on any atom is 0.323 e. The van der Waals surface area contributed by atoms with Crippen molar-refractivity contribution in [2.75, 3.05) is 10.6 Å². The Kier molecular flexibility index (Phi) is 17.5. The number of hydrogen-bond acceptors (Lipinski definition) is 11. The Labute approximate surface area is 437 Å². The van der Waals surface area contributed by atoms with Crippen LogP contribution in [-0.4, -0.2) is 68.0 Å². The lowest BCUT2D eigenvalue weighted by molar-refractivity contribution is -0.137. The van der Waals surface area contributed by atoms with Crippen molar-refractivity contribution in [1.29, 1.82) is 0 Å². The number of aromatic amines is 2. The number of aryl methyl sites for hydroxylation is 3. The van der Waals surface area contributed by atoms with Crippen molar-refractivity contribution >= 4 is 45.5 Å². The predicted octanol–water partition coefficient (Wildman–Crippen LogP) is 9.42. The summed E-state index contributed by atoms with van der Waals surface area (Å²) in [5, 5.41) is 17.6. The van der Waals surface area contributed by atoms with Gasteiger partial charge in [0.2, 0.25) is 11.9 Å². The topological polar surface area (TPSA) is 232 Å². The second-order valence-corrected chi connectivity index (χ2v) is 20.7. The molecule has 2 aliphatic rings. The summed E-state index contributed by atoms with van der Waals surface area (Å²) in [6, 6.07) is 29.1. The Morgan fingerprint density at radius 3 is 1.51 bits per heavy atom. The Morgan fingerprint density at radius 2 is 1.09 bits per heavy atom. The molecular formula is C59H71N11O5. The smallest absolute Gasteiger partial charge is 0.323 e. The Morgan fingerprint density at radius 1 is 0.640 bits per heavy atom. The van der Waals surface area contributed by atoms with Crippen LogP contribution < -0.4 is 27.5 Å². The van der Waals surface area contributed by atoms with E-state index in [0.717, 1.165) is 71.7 Å². The van der Waals surface area contributed by atoms with Crippen LogP contribution >= 0.6 is 0 Å². The number of benzene rings is 2. The molecule has 2 aliphatic carbocycles. The van der Waals surface area contributed by atoms with Gasteiger partial charge in [0.1, 0.15) is 6.54 Å². The minimum Gasteiger partial charge on any atom is -0.480 e. The van der Waals surface area contributed by atoms with Crippen molar-refractivity contribution < 1.29 is 14.7 Å². The van der Waals surface area contributed by atoms with Gasteiger partial charge in [0.15, 0.2) is 5.78 Å². The number of aromatic nitrogens is 8. The number of ketones is 1. The average Bonchev–Trinajstić information content (AvgIpc) is 4.01. The summed E-state index contributed by atoms with van der Waals surface area (Å²) in [5.74, 6) is -0.287. The highest BCUT2D eigenvalue weighted by molar-refractivity contribution is 5.81. The van der Waals surface area contributed by atoms with Crippen LogP contribution in [0.2, 0.25) is 0 Å². The molecule has 6 aromatic heterocycles. The predicted molar refractivity (Wildman–Crippen MR) is 296 cm³/mol. The summed E-state index contributed by atoms with van der Waals surface area (Å²) in [4.78, 5) is 74.3. The average molecular weight is 1010 g/mol. The van der Waals surface area contributed by atoms with Gasteiger partial charge in [-0.3, -0.25) is 38.3 Å². The SMILES string of the molecule is CC(C)Nc1ncc(CCC2(c3ccccc3)CCC2)c(=O)n1CC(=O)CCc1cc2cnccc2[nH]1.CC(C)Nc1ncc(CCC2(c3ccccc3)CCC2)c(=O)n1CC(=O)O.NCc1cc2cnccc2[nH]1. The van der Waals surface area contributed by atoms with E-state index in [1.54, 1.807) is 24.8 Å². The molecule has 16 nitrogen and oxygen atoms in total. The van der Waals surface area contributed by atoms with Crippen molar-refractivity contribution in [1.82, 2.24) is 39.0 Å². The minimum absolute atomic E-state index is 0.00406. The highest BCUT2D eigenvalue weighted by Gasteiger charge is 2.39. The Hall–Kier alpha value is -7.72. The van der Waals surface area contributed by atoms with Crippen LogP contribution in [0.25, 0.3) is 21.8 Å². The summed E-state index contributed by atoms with van der Waals surface area (Å²) in [6.07, 6.45) is 21.4. The zero-order chi connectivity index (χ0) is 53.0. The van der Waals surface area contributed by atoms with Crippen LogP contribution in [0.15, 0.2) is 132 Å². The first-order valence-electron chi connectivity index (χ1n) is 26.3. The summed E-state index contributed by atoms with van der Waals surface area (Å²) in [6.45, 7) is 8.01. The molecule has 0 saturated heterocycles. The van der Waals surface area contributed by atoms with E-state index in [9.17, 15) is 24.3 Å². The van der Waals surface area contributed by atoms with Gasteiger partial charge in [-0.25, -0.2) is 9.97 Å². The second-order valence-electron chi connectivity index (χ2n) is 20.7. The van der Waals surface area contributed by atoms with Crippen molar-refractivity contribution in [3.05, 3.63) is 176 Å². The molecular weight excluding hydrogens is 943 g/mol. The summed E-state index contributed by atoms with van der Waals surface area (Å²) in [5.41, 5.74) is 13.4. The maximum atomic E-state index is 13.6. The number of carboxylic acid groups (broad SMARTS) is 1. The fraction of sp³-hybridized carbons (Fsp3) is 0.390. The number of nitrogens with two attached hydrogens (primary N) is 1. The molecule has 0 radical (unpaired) electrons. The molecule has 10 rings (SSSR count).